The number of nitrogens with zero attached hydrogens (tertiary/aromatic N) is 3. The van der Waals surface area contributed by atoms with Crippen LogP contribution >= 0.6 is 0 Å². The molecule has 3 rings (SSSR count). The maximum atomic E-state index is 12.7. The second-order valence-electron chi connectivity index (χ2n) is 6.47. The number of rotatable bonds is 7. The fourth-order valence-corrected chi connectivity index (χ4v) is 3.04. The van der Waals surface area contributed by atoms with Crippen molar-refractivity contribution in [2.75, 3.05) is 18.1 Å². The van der Waals surface area contributed by atoms with Gasteiger partial charge in [-0.15, -0.1) is 0 Å². The lowest BCUT2D eigenvalue weighted by Crippen LogP contribution is -2.35. The van der Waals surface area contributed by atoms with Gasteiger partial charge in [0.05, 0.1) is 30.3 Å². The number of alkyl halides is 5. The highest BCUT2D eigenvalue weighted by molar-refractivity contribution is 5.86. The van der Waals surface area contributed by atoms with Gasteiger partial charge in [0.25, 0.3) is 0 Å². The molecule has 1 saturated heterocycles. The fourth-order valence-electron chi connectivity index (χ4n) is 3.04. The second kappa shape index (κ2) is 8.78. The summed E-state index contributed by atoms with van der Waals surface area (Å²) >= 11 is 0. The topological polar surface area (TPSA) is 84.8 Å². The van der Waals surface area contributed by atoms with Crippen LogP contribution in [0, 0.1) is 0 Å². The molecule has 0 amide bonds. The highest BCUT2D eigenvalue weighted by atomic mass is 19.4. The minimum absolute atomic E-state index is 0.0985. The number of carboxylic acid groups (broad SMARTS) is 1. The lowest BCUT2D eigenvalue weighted by Gasteiger charge is -2.23. The van der Waals surface area contributed by atoms with Crippen molar-refractivity contribution in [1.29, 1.82) is 0 Å². The number of ether oxygens (including phenoxy) is 2. The Morgan fingerprint density at radius 2 is 1.83 bits per heavy atom. The van der Waals surface area contributed by atoms with Gasteiger partial charge in [0, 0.05) is 18.8 Å². The first kappa shape index (κ1) is 21.7. The molecule has 162 valence electrons. The summed E-state index contributed by atoms with van der Waals surface area (Å²) in [6.07, 6.45) is -2.65. The maximum Gasteiger partial charge on any atom is 0.416 e. The van der Waals surface area contributed by atoms with E-state index in [9.17, 15) is 26.7 Å². The third-order valence-electron chi connectivity index (χ3n) is 4.42. The Kier molecular flexibility index (Phi) is 6.34. The highest BCUT2D eigenvalue weighted by Crippen LogP contribution is 2.31. The van der Waals surface area contributed by atoms with Crippen LogP contribution in [-0.4, -0.2) is 53.0 Å². The second-order valence-corrected chi connectivity index (χ2v) is 6.47. The standard InChI is InChI=1S/C18H16F5N3O4/c19-16(20)29-9-12-5-14(30-13-3-1-11(2-4-13)18(21,22)23)8-26(12)17-24-6-10(7-25-17)15(27)28/h1-4,6-7,12,14,16H,5,8-9H2,(H,27,28)/t12-,14-/m0/s1. The molecule has 0 saturated carbocycles. The van der Waals surface area contributed by atoms with Crippen LogP contribution in [0.5, 0.6) is 5.75 Å². The molecule has 1 aromatic heterocycles. The number of halogens is 5. The SMILES string of the molecule is O=C(O)c1cnc(N2C[C@@H](Oc3ccc(C(F)(F)F)cc3)C[C@H]2COC(F)F)nc1. The minimum Gasteiger partial charge on any atom is -0.489 e. The van der Waals surface area contributed by atoms with Crippen molar-refractivity contribution in [2.45, 2.75) is 31.4 Å². The molecule has 12 heteroatoms. The van der Waals surface area contributed by atoms with Crippen molar-refractivity contribution in [3.8, 4) is 5.75 Å². The van der Waals surface area contributed by atoms with Crippen LogP contribution in [0.2, 0.25) is 0 Å². The molecule has 1 aliphatic heterocycles. The van der Waals surface area contributed by atoms with E-state index < -0.39 is 36.5 Å². The van der Waals surface area contributed by atoms with Crippen molar-refractivity contribution >= 4 is 11.9 Å². The number of carboxylic acids is 1. The largest absolute Gasteiger partial charge is 0.489 e. The van der Waals surface area contributed by atoms with E-state index in [4.69, 9.17) is 9.84 Å². The molecular weight excluding hydrogens is 417 g/mol. The summed E-state index contributed by atoms with van der Waals surface area (Å²) in [5.41, 5.74) is -0.964. The quantitative estimate of drug-likeness (QED) is 0.670. The van der Waals surface area contributed by atoms with Gasteiger partial charge in [0.2, 0.25) is 5.95 Å². The number of hydrogen-bond acceptors (Lipinski definition) is 6. The number of carbonyl (C=O) groups is 1. The fraction of sp³-hybridized carbons (Fsp3) is 0.389. The monoisotopic (exact) mass is 433 g/mol. The van der Waals surface area contributed by atoms with Gasteiger partial charge in [-0.25, -0.2) is 14.8 Å². The van der Waals surface area contributed by atoms with Crippen LogP contribution in [0.3, 0.4) is 0 Å². The molecule has 1 aliphatic rings. The molecule has 0 bridgehead atoms. The summed E-state index contributed by atoms with van der Waals surface area (Å²) in [5, 5.41) is 8.93. The van der Waals surface area contributed by atoms with Gasteiger partial charge >= 0.3 is 18.8 Å². The van der Waals surface area contributed by atoms with Crippen LogP contribution in [-0.2, 0) is 10.9 Å². The Morgan fingerprint density at radius 3 is 2.37 bits per heavy atom. The molecule has 1 N–H and O–H groups in total. The molecule has 0 spiro atoms. The first-order valence-corrected chi connectivity index (χ1v) is 8.69. The number of aromatic nitrogens is 2. The predicted molar refractivity (Wildman–Crippen MR) is 92.6 cm³/mol. The van der Waals surface area contributed by atoms with Crippen molar-refractivity contribution in [3.05, 3.63) is 47.8 Å². The third kappa shape index (κ3) is 5.32. The molecular formula is C18H16F5N3O4. The van der Waals surface area contributed by atoms with Crippen LogP contribution < -0.4 is 9.64 Å². The third-order valence-corrected chi connectivity index (χ3v) is 4.42. The molecule has 1 aromatic carbocycles. The van der Waals surface area contributed by atoms with Crippen LogP contribution in [0.25, 0.3) is 0 Å². The van der Waals surface area contributed by atoms with E-state index in [2.05, 4.69) is 14.7 Å². The highest BCUT2D eigenvalue weighted by Gasteiger charge is 2.36. The van der Waals surface area contributed by atoms with Crippen LogP contribution in [0.4, 0.5) is 27.9 Å². The smallest absolute Gasteiger partial charge is 0.416 e. The zero-order chi connectivity index (χ0) is 21.9. The van der Waals surface area contributed by atoms with E-state index in [1.54, 1.807) is 0 Å². The van der Waals surface area contributed by atoms with Crippen molar-refractivity contribution in [3.63, 3.8) is 0 Å². The Labute approximate surface area is 167 Å². The van der Waals surface area contributed by atoms with Gasteiger partial charge in [-0.1, -0.05) is 0 Å². The molecule has 30 heavy (non-hydrogen) atoms. The number of anilines is 1. The van der Waals surface area contributed by atoms with E-state index >= 15 is 0 Å². The van der Waals surface area contributed by atoms with E-state index in [0.717, 1.165) is 24.5 Å². The van der Waals surface area contributed by atoms with Crippen molar-refractivity contribution < 1.29 is 41.3 Å². The van der Waals surface area contributed by atoms with E-state index in [1.165, 1.54) is 17.0 Å². The molecule has 7 nitrogen and oxygen atoms in total. The lowest BCUT2D eigenvalue weighted by molar-refractivity contribution is -0.137. The van der Waals surface area contributed by atoms with E-state index in [-0.39, 0.29) is 36.8 Å². The zero-order valence-electron chi connectivity index (χ0n) is 15.2. The lowest BCUT2D eigenvalue weighted by atomic mass is 10.2. The molecule has 2 atom stereocenters. The normalized spacial score (nSPS) is 19.3. The summed E-state index contributed by atoms with van der Waals surface area (Å²) in [7, 11) is 0. The van der Waals surface area contributed by atoms with Gasteiger partial charge < -0.3 is 19.5 Å². The number of benzene rings is 1. The van der Waals surface area contributed by atoms with Crippen LogP contribution in [0.15, 0.2) is 36.7 Å². The van der Waals surface area contributed by atoms with Crippen molar-refractivity contribution in [1.82, 2.24) is 9.97 Å². The Bertz CT molecular complexity index is 862. The van der Waals surface area contributed by atoms with Gasteiger partial charge in [-0.05, 0) is 24.3 Å². The molecule has 2 aromatic rings. The number of aromatic carboxylic acids is 1. The average molecular weight is 433 g/mol. The van der Waals surface area contributed by atoms with Gasteiger partial charge in [0.15, 0.2) is 0 Å². The molecule has 0 radical (unpaired) electrons. The first-order chi connectivity index (χ1) is 14.1. The van der Waals surface area contributed by atoms with E-state index in [0.29, 0.717) is 0 Å². The number of hydrogen-bond donors (Lipinski definition) is 1. The zero-order valence-corrected chi connectivity index (χ0v) is 15.2. The molecule has 0 aliphatic carbocycles. The summed E-state index contributed by atoms with van der Waals surface area (Å²) in [6, 6.07) is 3.51. The molecule has 1 fully saturated rings. The van der Waals surface area contributed by atoms with E-state index in [1.807, 2.05) is 0 Å². The summed E-state index contributed by atoms with van der Waals surface area (Å²) in [5.74, 6) is -0.934. The molecule has 2 heterocycles. The Balaban J connectivity index is 1.73. The Morgan fingerprint density at radius 1 is 1.20 bits per heavy atom. The Hall–Kier alpha value is -3.02. The average Bonchev–Trinajstić information content (AvgIpc) is 3.08. The van der Waals surface area contributed by atoms with Gasteiger partial charge in [-0.2, -0.15) is 22.0 Å². The van der Waals surface area contributed by atoms with Crippen LogP contribution in [0.1, 0.15) is 22.3 Å². The summed E-state index contributed by atoms with van der Waals surface area (Å²) < 4.78 is 73.0. The first-order valence-electron chi connectivity index (χ1n) is 8.69. The minimum atomic E-state index is -4.47. The van der Waals surface area contributed by atoms with Crippen molar-refractivity contribution in [2.24, 2.45) is 0 Å². The summed E-state index contributed by atoms with van der Waals surface area (Å²) in [6.45, 7) is -3.21. The van der Waals surface area contributed by atoms with Gasteiger partial charge in [0.1, 0.15) is 11.9 Å². The predicted octanol–water partition coefficient (Wildman–Crippen LogP) is 3.46. The molecule has 0 unspecified atom stereocenters. The van der Waals surface area contributed by atoms with Gasteiger partial charge in [-0.3, -0.25) is 0 Å². The summed E-state index contributed by atoms with van der Waals surface area (Å²) in [4.78, 5) is 20.4. The maximum absolute atomic E-state index is 12.7.